The molecule has 1 aromatic heterocycles. The van der Waals surface area contributed by atoms with E-state index >= 15 is 0 Å². The number of amides is 5. The number of nitrogens with one attached hydrogen (secondary N) is 6. The van der Waals surface area contributed by atoms with Gasteiger partial charge in [-0.1, -0.05) is 54.5 Å². The van der Waals surface area contributed by atoms with Crippen molar-refractivity contribution in [3.8, 4) is 11.5 Å². The Balaban J connectivity index is 1.61. The highest BCUT2D eigenvalue weighted by Crippen LogP contribution is 2.37. The molecule has 0 saturated heterocycles. The van der Waals surface area contributed by atoms with Crippen molar-refractivity contribution in [2.75, 3.05) is 38.9 Å². The van der Waals surface area contributed by atoms with Gasteiger partial charge in [-0.3, -0.25) is 19.2 Å². The molecule has 6 N–H and O–H groups in total. The van der Waals surface area contributed by atoms with E-state index in [-0.39, 0.29) is 49.1 Å². The summed E-state index contributed by atoms with van der Waals surface area (Å²) < 4.78 is 21.4. The Hall–Kier alpha value is -5.06. The van der Waals surface area contributed by atoms with Gasteiger partial charge >= 0.3 is 12.1 Å². The first kappa shape index (κ1) is 47.3. The maximum Gasteiger partial charge on any atom is 0.408 e. The van der Waals surface area contributed by atoms with Gasteiger partial charge in [-0.2, -0.15) is 0 Å². The molecule has 0 radical (unpaired) electrons. The van der Waals surface area contributed by atoms with E-state index in [9.17, 15) is 28.8 Å². The lowest BCUT2D eigenvalue weighted by Gasteiger charge is -2.29. The largest absolute Gasteiger partial charge is 0.465 e. The van der Waals surface area contributed by atoms with E-state index in [1.54, 1.807) is 69.2 Å². The molecule has 4 atom stereocenters. The number of ether oxygens (including phenoxy) is 4. The first-order chi connectivity index (χ1) is 27.2. The summed E-state index contributed by atoms with van der Waals surface area (Å²) >= 11 is 1.14. The van der Waals surface area contributed by atoms with Crippen LogP contribution in [-0.2, 0) is 23.9 Å². The monoisotopic (exact) mass is 830 g/mol. The predicted molar refractivity (Wildman–Crippen MR) is 221 cm³/mol. The van der Waals surface area contributed by atoms with Gasteiger partial charge in [0.05, 0.1) is 17.6 Å². The number of esters is 1. The van der Waals surface area contributed by atoms with Crippen molar-refractivity contribution in [1.82, 2.24) is 26.6 Å². The first-order valence-corrected chi connectivity index (χ1v) is 20.5. The summed E-state index contributed by atoms with van der Waals surface area (Å²) in [5.74, 6) is -2.15. The molecule has 3 rings (SSSR count). The maximum atomic E-state index is 13.5. The summed E-state index contributed by atoms with van der Waals surface area (Å²) in [6, 6.07) is 2.87. The molecular weight excluding hydrogens is 769 g/mol. The molecule has 2 aromatic rings. The number of methoxy groups -OCH3 is 1. The summed E-state index contributed by atoms with van der Waals surface area (Å²) in [5, 5.41) is 17.5. The Bertz CT molecular complexity index is 1790. The minimum absolute atomic E-state index is 0.0491. The molecule has 0 spiro atoms. The van der Waals surface area contributed by atoms with Crippen LogP contribution in [-0.4, -0.2) is 93.0 Å². The van der Waals surface area contributed by atoms with Crippen LogP contribution >= 0.6 is 11.3 Å². The number of alkyl carbamates (subject to hydrolysis) is 1. The molecule has 17 heteroatoms. The second kappa shape index (κ2) is 21.1. The molecule has 1 aliphatic heterocycles. The lowest BCUT2D eigenvalue weighted by Crippen LogP contribution is -2.60. The number of hydrogen-bond donors (Lipinski definition) is 6. The van der Waals surface area contributed by atoms with Crippen LogP contribution in [0.3, 0.4) is 0 Å². The Morgan fingerprint density at radius 2 is 1.34 bits per heavy atom. The van der Waals surface area contributed by atoms with Crippen molar-refractivity contribution in [2.45, 2.75) is 112 Å². The molecule has 1 aromatic carbocycles. The maximum absolute atomic E-state index is 13.5. The fourth-order valence-corrected chi connectivity index (χ4v) is 7.28. The smallest absolute Gasteiger partial charge is 0.408 e. The molecule has 0 fully saturated rings. The molecule has 322 valence electrons. The summed E-state index contributed by atoms with van der Waals surface area (Å²) in [5.41, 5.74) is 1.02. The van der Waals surface area contributed by atoms with Gasteiger partial charge in [-0.25, -0.2) is 9.59 Å². The molecule has 0 bridgehead atoms. The van der Waals surface area contributed by atoms with E-state index < -0.39 is 59.4 Å². The number of rotatable bonds is 19. The summed E-state index contributed by atoms with van der Waals surface area (Å²) in [6.07, 6.45) is 0.0426. The molecule has 2 heterocycles. The minimum atomic E-state index is -1.01. The Morgan fingerprint density at radius 3 is 1.90 bits per heavy atom. The lowest BCUT2D eigenvalue weighted by atomic mass is 9.96. The van der Waals surface area contributed by atoms with Crippen LogP contribution in [0.25, 0.3) is 0 Å². The summed E-state index contributed by atoms with van der Waals surface area (Å²) in [4.78, 5) is 79.2. The highest BCUT2D eigenvalue weighted by molar-refractivity contribution is 7.18. The van der Waals surface area contributed by atoms with Crippen LogP contribution in [0.4, 0.5) is 9.80 Å². The van der Waals surface area contributed by atoms with E-state index in [1.807, 2.05) is 18.2 Å². The van der Waals surface area contributed by atoms with Crippen LogP contribution < -0.4 is 41.4 Å². The van der Waals surface area contributed by atoms with Crippen molar-refractivity contribution >= 4 is 52.0 Å². The van der Waals surface area contributed by atoms with Crippen LogP contribution in [0.15, 0.2) is 18.2 Å². The van der Waals surface area contributed by atoms with E-state index in [0.717, 1.165) is 23.3 Å². The highest BCUT2D eigenvalue weighted by Gasteiger charge is 2.34. The van der Waals surface area contributed by atoms with Crippen molar-refractivity contribution in [1.29, 1.82) is 0 Å². The molecule has 0 aliphatic carbocycles. The number of carbonyl (C=O) groups is 6. The van der Waals surface area contributed by atoms with Crippen LogP contribution in [0.2, 0.25) is 0 Å². The SMILES string of the molecule is CCC(CNc1sc(C(=O)NCCNC(=O)[C@@H](NC(=O)[C@@H](NC(=O)[C@@H](NC(=O)OC(C)(C)C)C(C)C)C(C)C)C(C)C)c(C)c1C(=O)OC)c1ccc2c(c1)OCO2. The average molecular weight is 831 g/mol. The van der Waals surface area contributed by atoms with Crippen molar-refractivity contribution in [3.63, 3.8) is 0 Å². The van der Waals surface area contributed by atoms with Crippen LogP contribution in [0.1, 0.15) is 113 Å². The van der Waals surface area contributed by atoms with Gasteiger partial charge in [0.15, 0.2) is 11.5 Å². The van der Waals surface area contributed by atoms with Gasteiger partial charge in [-0.05, 0) is 75.1 Å². The highest BCUT2D eigenvalue weighted by atomic mass is 32.1. The first-order valence-electron chi connectivity index (χ1n) is 19.7. The zero-order chi connectivity index (χ0) is 43.5. The normalized spacial score (nSPS) is 14.3. The standard InChI is InChI=1S/C41H62N6O10S/c1-13-25(26-14-15-27-28(18-26)56-20-55-27)19-44-38-29(39(52)54-12)24(8)33(58-38)37(51)43-17-16-42-34(48)30(21(2)3)45-35(49)31(22(4)5)46-36(50)32(23(6)7)47-40(53)57-41(9,10)11/h14-15,18,21-23,25,30-32,44H,13,16-17,19-20H2,1-12H3,(H,42,48)(H,43,51)(H,45,49)(H,46,50)(H,47,53)/t25?,30-,31-,32-/m0/s1. The van der Waals surface area contributed by atoms with Crippen molar-refractivity contribution in [2.24, 2.45) is 17.8 Å². The van der Waals surface area contributed by atoms with E-state index in [4.69, 9.17) is 18.9 Å². The fraction of sp³-hybridized carbons (Fsp3) is 0.610. The third kappa shape index (κ3) is 13.0. The molecule has 1 aliphatic rings. The van der Waals surface area contributed by atoms with Crippen LogP contribution in [0, 0.1) is 24.7 Å². The third-order valence-corrected chi connectivity index (χ3v) is 10.7. The fourth-order valence-electron chi connectivity index (χ4n) is 6.16. The quantitative estimate of drug-likeness (QED) is 0.0832. The Morgan fingerprint density at radius 1 is 0.793 bits per heavy atom. The number of hydrogen-bond acceptors (Lipinski definition) is 12. The number of carbonyl (C=O) groups excluding carboxylic acids is 6. The topological polar surface area (TPSA) is 212 Å². The zero-order valence-corrected chi connectivity index (χ0v) is 36.6. The van der Waals surface area contributed by atoms with Gasteiger partial charge in [0, 0.05) is 25.6 Å². The predicted octanol–water partition coefficient (Wildman–Crippen LogP) is 4.85. The zero-order valence-electron chi connectivity index (χ0n) is 35.8. The Labute approximate surface area is 345 Å². The molecule has 1 unspecified atom stereocenters. The number of thiophene rings is 1. The number of fused-ring (bicyclic) bond motifs is 1. The molecule has 5 amide bonds. The van der Waals surface area contributed by atoms with Gasteiger partial charge in [0.25, 0.3) is 5.91 Å². The summed E-state index contributed by atoms with van der Waals surface area (Å²) in [7, 11) is 1.29. The third-order valence-electron chi connectivity index (χ3n) is 9.44. The van der Waals surface area contributed by atoms with Crippen LogP contribution in [0.5, 0.6) is 11.5 Å². The van der Waals surface area contributed by atoms with Gasteiger partial charge in [-0.15, -0.1) is 11.3 Å². The molecule has 16 nitrogen and oxygen atoms in total. The van der Waals surface area contributed by atoms with Crippen molar-refractivity contribution in [3.05, 3.63) is 39.8 Å². The number of anilines is 1. The second-order valence-electron chi connectivity index (χ2n) is 16.2. The molecule has 58 heavy (non-hydrogen) atoms. The van der Waals surface area contributed by atoms with Gasteiger partial charge < -0.3 is 50.8 Å². The molecular formula is C41H62N6O10S. The van der Waals surface area contributed by atoms with Gasteiger partial charge in [0.1, 0.15) is 28.7 Å². The number of benzene rings is 1. The Kier molecular flexibility index (Phi) is 17.2. The van der Waals surface area contributed by atoms with E-state index in [0.29, 0.717) is 33.5 Å². The lowest BCUT2D eigenvalue weighted by molar-refractivity contribution is -0.134. The minimum Gasteiger partial charge on any atom is -0.465 e. The average Bonchev–Trinajstić information content (AvgIpc) is 3.75. The van der Waals surface area contributed by atoms with E-state index in [1.165, 1.54) is 7.11 Å². The summed E-state index contributed by atoms with van der Waals surface area (Å²) in [6.45, 7) is 20.2. The van der Waals surface area contributed by atoms with E-state index in [2.05, 4.69) is 38.8 Å². The van der Waals surface area contributed by atoms with Crippen molar-refractivity contribution < 1.29 is 47.7 Å². The second-order valence-corrected chi connectivity index (χ2v) is 17.2. The molecule has 0 saturated carbocycles. The van der Waals surface area contributed by atoms with Gasteiger partial charge in [0.2, 0.25) is 24.5 Å².